The number of ketones is 1. The summed E-state index contributed by atoms with van der Waals surface area (Å²) in [5.74, 6) is -0.358. The van der Waals surface area contributed by atoms with E-state index in [4.69, 9.17) is 23.2 Å². The van der Waals surface area contributed by atoms with E-state index in [1.165, 1.54) is 42.6 Å². The molecule has 1 N–H and O–H groups in total. The zero-order chi connectivity index (χ0) is 17.0. The van der Waals surface area contributed by atoms with Gasteiger partial charge in [0.1, 0.15) is 0 Å². The van der Waals surface area contributed by atoms with Gasteiger partial charge in [-0.3, -0.25) is 4.79 Å². The highest BCUT2D eigenvalue weighted by molar-refractivity contribution is 6.42. The number of allylic oxidation sites excluding steroid dienone is 1. The van der Waals surface area contributed by atoms with Crippen LogP contribution in [0.5, 0.6) is 0 Å². The molecule has 2 rings (SSSR count). The molecule has 0 spiro atoms. The molecule has 0 heterocycles. The molecule has 7 heteroatoms. The second-order valence-corrected chi connectivity index (χ2v) is 5.36. The van der Waals surface area contributed by atoms with E-state index in [1.54, 1.807) is 0 Å². The van der Waals surface area contributed by atoms with E-state index in [9.17, 15) is 18.0 Å². The fraction of sp³-hybridized carbons (Fsp3) is 0.0625. The van der Waals surface area contributed by atoms with Gasteiger partial charge in [0.2, 0.25) is 0 Å². The van der Waals surface area contributed by atoms with Crippen molar-refractivity contribution in [3.63, 3.8) is 0 Å². The van der Waals surface area contributed by atoms with Crippen LogP contribution in [0, 0.1) is 0 Å². The van der Waals surface area contributed by atoms with Crippen molar-refractivity contribution in [3.8, 4) is 0 Å². The minimum absolute atomic E-state index is 0.220. The van der Waals surface area contributed by atoms with Crippen LogP contribution in [0.3, 0.4) is 0 Å². The second kappa shape index (κ2) is 7.06. The molecule has 2 aromatic carbocycles. The lowest BCUT2D eigenvalue weighted by atomic mass is 10.1. The molecular formula is C16H10Cl2F3NO. The quantitative estimate of drug-likeness (QED) is 0.550. The Balaban J connectivity index is 2.06. The van der Waals surface area contributed by atoms with Crippen LogP contribution in [-0.2, 0) is 6.18 Å². The molecule has 0 atom stereocenters. The Kier molecular flexibility index (Phi) is 5.34. The molecule has 0 saturated carbocycles. The maximum Gasteiger partial charge on any atom is 0.416 e. The maximum atomic E-state index is 12.6. The van der Waals surface area contributed by atoms with Gasteiger partial charge < -0.3 is 5.32 Å². The van der Waals surface area contributed by atoms with Crippen LogP contribution in [0.2, 0.25) is 10.0 Å². The van der Waals surface area contributed by atoms with Crippen molar-refractivity contribution in [2.45, 2.75) is 6.18 Å². The van der Waals surface area contributed by atoms with E-state index in [2.05, 4.69) is 5.32 Å². The predicted octanol–water partition coefficient (Wildman–Crippen LogP) is 5.82. The number of nitrogens with one attached hydrogen (secondary N) is 1. The average Bonchev–Trinajstić information content (AvgIpc) is 2.49. The van der Waals surface area contributed by atoms with Crippen molar-refractivity contribution in [1.82, 2.24) is 0 Å². The number of alkyl halides is 3. The van der Waals surface area contributed by atoms with Crippen molar-refractivity contribution in [1.29, 1.82) is 0 Å². The molecule has 0 aliphatic heterocycles. The molecule has 0 radical (unpaired) electrons. The molecule has 0 amide bonds. The largest absolute Gasteiger partial charge is 0.416 e. The van der Waals surface area contributed by atoms with Gasteiger partial charge in [-0.15, -0.1) is 0 Å². The van der Waals surface area contributed by atoms with Gasteiger partial charge in [0, 0.05) is 23.5 Å². The summed E-state index contributed by atoms with van der Waals surface area (Å²) in [5.41, 5.74) is -0.230. The number of anilines is 1. The first-order valence-corrected chi connectivity index (χ1v) is 7.13. The van der Waals surface area contributed by atoms with Gasteiger partial charge >= 0.3 is 6.18 Å². The van der Waals surface area contributed by atoms with Crippen molar-refractivity contribution in [2.24, 2.45) is 0 Å². The van der Waals surface area contributed by atoms with Crippen LogP contribution in [-0.4, -0.2) is 5.78 Å². The monoisotopic (exact) mass is 359 g/mol. The first-order chi connectivity index (χ1) is 10.8. The zero-order valence-corrected chi connectivity index (χ0v) is 13.0. The highest BCUT2D eigenvalue weighted by Crippen LogP contribution is 2.30. The number of benzene rings is 2. The number of hydrogen-bond donors (Lipinski definition) is 1. The molecule has 0 fully saturated rings. The lowest BCUT2D eigenvalue weighted by molar-refractivity contribution is -0.137. The first kappa shape index (κ1) is 17.4. The van der Waals surface area contributed by atoms with Gasteiger partial charge in [-0.2, -0.15) is 13.2 Å². The maximum absolute atomic E-state index is 12.6. The van der Waals surface area contributed by atoms with Crippen molar-refractivity contribution < 1.29 is 18.0 Å². The summed E-state index contributed by atoms with van der Waals surface area (Å²) in [7, 11) is 0. The molecule has 2 aromatic rings. The average molecular weight is 360 g/mol. The third kappa shape index (κ3) is 4.74. The molecule has 0 unspecified atom stereocenters. The number of halogens is 5. The Morgan fingerprint density at radius 2 is 1.78 bits per heavy atom. The van der Waals surface area contributed by atoms with Crippen molar-refractivity contribution in [3.05, 3.63) is 75.9 Å². The highest BCUT2D eigenvalue weighted by Gasteiger charge is 2.30. The van der Waals surface area contributed by atoms with Gasteiger partial charge in [-0.25, -0.2) is 0 Å². The molecule has 2 nitrogen and oxygen atoms in total. The van der Waals surface area contributed by atoms with Crippen LogP contribution in [0.25, 0.3) is 0 Å². The van der Waals surface area contributed by atoms with Gasteiger partial charge in [0.05, 0.1) is 15.6 Å². The standard InChI is InChI=1S/C16H10Cl2F3NO/c17-13-5-4-10(8-14(13)18)15(23)6-7-22-12-3-1-2-11(9-12)16(19,20)21/h1-9,22H/b7-6+. The topological polar surface area (TPSA) is 29.1 Å². The van der Waals surface area contributed by atoms with E-state index in [0.29, 0.717) is 10.6 Å². The van der Waals surface area contributed by atoms with Crippen LogP contribution in [0.4, 0.5) is 18.9 Å². The number of hydrogen-bond acceptors (Lipinski definition) is 2. The van der Waals surface area contributed by atoms with E-state index < -0.39 is 11.7 Å². The normalized spacial score (nSPS) is 11.7. The summed E-state index contributed by atoms with van der Waals surface area (Å²) >= 11 is 11.6. The van der Waals surface area contributed by atoms with Crippen LogP contribution >= 0.6 is 23.2 Å². The van der Waals surface area contributed by atoms with E-state index in [-0.39, 0.29) is 16.5 Å². The van der Waals surface area contributed by atoms with Gasteiger partial charge in [-0.05, 0) is 36.4 Å². The van der Waals surface area contributed by atoms with E-state index >= 15 is 0 Å². The lowest BCUT2D eigenvalue weighted by Crippen LogP contribution is -2.05. The lowest BCUT2D eigenvalue weighted by Gasteiger charge is -2.08. The Hall–Kier alpha value is -1.98. The Morgan fingerprint density at radius 1 is 1.04 bits per heavy atom. The third-order valence-electron chi connectivity index (χ3n) is 2.88. The number of rotatable bonds is 4. The molecule has 120 valence electrons. The summed E-state index contributed by atoms with van der Waals surface area (Å²) in [4.78, 5) is 11.9. The summed E-state index contributed by atoms with van der Waals surface area (Å²) in [6.07, 6.45) is -1.96. The molecule has 23 heavy (non-hydrogen) atoms. The molecule has 0 aromatic heterocycles. The fourth-order valence-electron chi connectivity index (χ4n) is 1.74. The first-order valence-electron chi connectivity index (χ1n) is 6.37. The molecule has 0 saturated heterocycles. The minimum atomic E-state index is -4.42. The molecule has 0 bridgehead atoms. The summed E-state index contributed by atoms with van der Waals surface area (Å²) < 4.78 is 37.8. The molecule has 0 aliphatic rings. The third-order valence-corrected chi connectivity index (χ3v) is 3.62. The SMILES string of the molecule is O=C(/C=C/Nc1cccc(C(F)(F)F)c1)c1ccc(Cl)c(Cl)c1. The van der Waals surface area contributed by atoms with Crippen molar-refractivity contribution in [2.75, 3.05) is 5.32 Å². The van der Waals surface area contributed by atoms with Crippen LogP contribution < -0.4 is 5.32 Å². The number of carbonyl (C=O) groups excluding carboxylic acids is 1. The molecular weight excluding hydrogens is 350 g/mol. The second-order valence-electron chi connectivity index (χ2n) is 4.55. The predicted molar refractivity (Wildman–Crippen MR) is 85.0 cm³/mol. The summed E-state index contributed by atoms with van der Waals surface area (Å²) in [5, 5.41) is 3.20. The van der Waals surface area contributed by atoms with E-state index in [0.717, 1.165) is 12.1 Å². The Labute approximate surface area is 140 Å². The van der Waals surface area contributed by atoms with Crippen LogP contribution in [0.1, 0.15) is 15.9 Å². The van der Waals surface area contributed by atoms with Gasteiger partial charge in [-0.1, -0.05) is 29.3 Å². The zero-order valence-electron chi connectivity index (χ0n) is 11.5. The number of carbonyl (C=O) groups is 1. The summed E-state index contributed by atoms with van der Waals surface area (Å²) in [6.45, 7) is 0. The van der Waals surface area contributed by atoms with Gasteiger partial charge in [0.25, 0.3) is 0 Å². The Bertz CT molecular complexity index is 757. The minimum Gasteiger partial charge on any atom is -0.362 e. The fourth-order valence-corrected chi connectivity index (χ4v) is 2.04. The Morgan fingerprint density at radius 3 is 2.43 bits per heavy atom. The smallest absolute Gasteiger partial charge is 0.362 e. The molecule has 0 aliphatic carbocycles. The van der Waals surface area contributed by atoms with E-state index in [1.807, 2.05) is 0 Å². The highest BCUT2D eigenvalue weighted by atomic mass is 35.5. The van der Waals surface area contributed by atoms with Gasteiger partial charge in [0.15, 0.2) is 5.78 Å². The van der Waals surface area contributed by atoms with Crippen molar-refractivity contribution >= 4 is 34.7 Å². The van der Waals surface area contributed by atoms with Crippen LogP contribution in [0.15, 0.2) is 54.7 Å². The summed E-state index contributed by atoms with van der Waals surface area (Å²) in [6, 6.07) is 9.07.